The van der Waals surface area contributed by atoms with E-state index in [1.54, 1.807) is 4.68 Å². The van der Waals surface area contributed by atoms with E-state index in [0.717, 1.165) is 33.6 Å². The molecule has 0 spiro atoms. The van der Waals surface area contributed by atoms with Crippen LogP contribution in [0.15, 0.2) is 16.6 Å². The summed E-state index contributed by atoms with van der Waals surface area (Å²) in [5.74, 6) is 1.96. The lowest BCUT2D eigenvalue weighted by molar-refractivity contribution is 0.296. The highest BCUT2D eigenvalue weighted by Crippen LogP contribution is 2.38. The fourth-order valence-electron chi connectivity index (χ4n) is 2.25. The third kappa shape index (κ3) is 2.82. The van der Waals surface area contributed by atoms with Crippen molar-refractivity contribution >= 4 is 33.3 Å². The molecule has 7 heteroatoms. The van der Waals surface area contributed by atoms with Crippen LogP contribution in [0.5, 0.6) is 11.5 Å². The number of hydrogen-bond donors (Lipinski definition) is 1. The molecule has 2 N–H and O–H groups in total. The van der Waals surface area contributed by atoms with Crippen LogP contribution in [0.1, 0.15) is 17.7 Å². The van der Waals surface area contributed by atoms with Gasteiger partial charge in [0.05, 0.1) is 29.9 Å². The summed E-state index contributed by atoms with van der Waals surface area (Å²) in [7, 11) is 0. The van der Waals surface area contributed by atoms with E-state index >= 15 is 0 Å². The predicted octanol–water partition coefficient (Wildman–Crippen LogP) is 3.40. The van der Waals surface area contributed by atoms with E-state index in [-0.39, 0.29) is 0 Å². The van der Waals surface area contributed by atoms with Crippen LogP contribution in [-0.2, 0) is 6.54 Å². The molecule has 1 aromatic heterocycles. The number of fused-ring (bicyclic) bond motifs is 1. The van der Waals surface area contributed by atoms with Gasteiger partial charge in [-0.15, -0.1) is 0 Å². The fraction of sp³-hybridized carbons (Fsp3) is 0.357. The van der Waals surface area contributed by atoms with Crippen molar-refractivity contribution in [1.29, 1.82) is 0 Å². The molecular formula is C14H15BrClN3O2. The number of nitrogens with zero attached hydrogens (tertiary/aromatic N) is 2. The van der Waals surface area contributed by atoms with Crippen LogP contribution < -0.4 is 15.2 Å². The van der Waals surface area contributed by atoms with E-state index in [1.165, 1.54) is 0 Å². The van der Waals surface area contributed by atoms with Crippen LogP contribution in [-0.4, -0.2) is 23.0 Å². The zero-order valence-corrected chi connectivity index (χ0v) is 13.9. The number of hydrogen-bond acceptors (Lipinski definition) is 4. The lowest BCUT2D eigenvalue weighted by atomic mass is 10.2. The van der Waals surface area contributed by atoms with Gasteiger partial charge in [0.25, 0.3) is 0 Å². The Hall–Kier alpha value is -1.40. The molecule has 112 valence electrons. The quantitative estimate of drug-likeness (QED) is 0.877. The first-order valence-electron chi connectivity index (χ1n) is 6.62. The number of nitrogens with two attached hydrogens (primary N) is 1. The highest BCUT2D eigenvalue weighted by atomic mass is 79.9. The van der Waals surface area contributed by atoms with Crippen molar-refractivity contribution in [3.05, 3.63) is 32.9 Å². The molecule has 0 saturated heterocycles. The van der Waals surface area contributed by atoms with Crippen molar-refractivity contribution in [2.24, 2.45) is 0 Å². The molecule has 0 unspecified atom stereocenters. The normalized spacial score (nSPS) is 14.0. The van der Waals surface area contributed by atoms with Crippen LogP contribution in [0.4, 0.5) is 5.82 Å². The Morgan fingerprint density at radius 2 is 2.14 bits per heavy atom. The first-order chi connectivity index (χ1) is 10.1. The molecule has 3 rings (SSSR count). The molecule has 2 heterocycles. The largest absolute Gasteiger partial charge is 0.490 e. The summed E-state index contributed by atoms with van der Waals surface area (Å²) in [6, 6.07) is 3.94. The van der Waals surface area contributed by atoms with Gasteiger partial charge in [0.1, 0.15) is 10.8 Å². The average molecular weight is 373 g/mol. The van der Waals surface area contributed by atoms with Gasteiger partial charge in [0, 0.05) is 6.42 Å². The Morgan fingerprint density at radius 3 is 2.86 bits per heavy atom. The molecule has 0 saturated carbocycles. The van der Waals surface area contributed by atoms with Crippen LogP contribution in [0.2, 0.25) is 5.02 Å². The van der Waals surface area contributed by atoms with Gasteiger partial charge in [0.15, 0.2) is 11.5 Å². The van der Waals surface area contributed by atoms with Crippen molar-refractivity contribution < 1.29 is 9.47 Å². The second-order valence-corrected chi connectivity index (χ2v) is 6.13. The zero-order chi connectivity index (χ0) is 15.0. The molecule has 1 aliphatic rings. The van der Waals surface area contributed by atoms with Crippen molar-refractivity contribution in [2.75, 3.05) is 18.9 Å². The lowest BCUT2D eigenvalue weighted by Gasteiger charge is -2.12. The Bertz CT molecular complexity index is 687. The number of benzene rings is 1. The van der Waals surface area contributed by atoms with Gasteiger partial charge in [-0.2, -0.15) is 5.10 Å². The first-order valence-corrected chi connectivity index (χ1v) is 7.79. The first kappa shape index (κ1) is 14.5. The molecule has 0 fully saturated rings. The number of aromatic nitrogens is 2. The molecule has 0 radical (unpaired) electrons. The maximum Gasteiger partial charge on any atom is 0.175 e. The monoisotopic (exact) mass is 371 g/mol. The summed E-state index contributed by atoms with van der Waals surface area (Å²) in [4.78, 5) is 0. The SMILES string of the molecule is Cc1nn(Cc2cc(Br)c3c(c2)OCCCO3)c(N)c1Cl. The Morgan fingerprint density at radius 1 is 1.38 bits per heavy atom. The summed E-state index contributed by atoms with van der Waals surface area (Å²) in [6.07, 6.45) is 0.872. The molecular weight excluding hydrogens is 358 g/mol. The maximum atomic E-state index is 6.07. The zero-order valence-electron chi connectivity index (χ0n) is 11.5. The van der Waals surface area contributed by atoms with E-state index < -0.39 is 0 Å². The second-order valence-electron chi connectivity index (χ2n) is 4.90. The van der Waals surface area contributed by atoms with Gasteiger partial charge in [-0.05, 0) is 40.5 Å². The average Bonchev–Trinajstić information content (AvgIpc) is 2.65. The van der Waals surface area contributed by atoms with Crippen LogP contribution in [0.25, 0.3) is 0 Å². The van der Waals surface area contributed by atoms with Crippen LogP contribution >= 0.6 is 27.5 Å². The fourth-order valence-corrected chi connectivity index (χ4v) is 2.99. The summed E-state index contributed by atoms with van der Waals surface area (Å²) in [5, 5.41) is 4.84. The molecule has 0 amide bonds. The highest BCUT2D eigenvalue weighted by molar-refractivity contribution is 9.10. The standard InChI is InChI=1S/C14H15BrClN3O2/c1-8-12(16)14(17)19(18-8)7-9-5-10(15)13-11(6-9)20-3-2-4-21-13/h5-6H,2-4,7,17H2,1H3. The molecule has 0 aliphatic carbocycles. The molecule has 21 heavy (non-hydrogen) atoms. The third-order valence-electron chi connectivity index (χ3n) is 3.29. The molecule has 0 bridgehead atoms. The number of halogens is 2. The molecule has 0 atom stereocenters. The van der Waals surface area contributed by atoms with Gasteiger partial charge in [-0.1, -0.05) is 11.6 Å². The highest BCUT2D eigenvalue weighted by Gasteiger charge is 2.17. The van der Waals surface area contributed by atoms with Crippen molar-refractivity contribution in [3.8, 4) is 11.5 Å². The van der Waals surface area contributed by atoms with E-state index in [4.69, 9.17) is 26.8 Å². The van der Waals surface area contributed by atoms with Gasteiger partial charge in [-0.25, -0.2) is 4.68 Å². The number of aryl methyl sites for hydroxylation is 1. The van der Waals surface area contributed by atoms with Gasteiger partial charge >= 0.3 is 0 Å². The maximum absolute atomic E-state index is 6.07. The summed E-state index contributed by atoms with van der Waals surface area (Å²) >= 11 is 9.60. The van der Waals surface area contributed by atoms with E-state index in [2.05, 4.69) is 21.0 Å². The summed E-state index contributed by atoms with van der Waals surface area (Å²) in [6.45, 7) is 3.66. The predicted molar refractivity (Wildman–Crippen MR) is 85.2 cm³/mol. The minimum absolute atomic E-state index is 0.470. The van der Waals surface area contributed by atoms with Crippen molar-refractivity contribution in [2.45, 2.75) is 19.9 Å². The Labute approximate surface area is 136 Å². The second kappa shape index (κ2) is 5.77. The van der Waals surface area contributed by atoms with Gasteiger partial charge in [-0.3, -0.25) is 0 Å². The number of ether oxygens (including phenoxy) is 2. The van der Waals surface area contributed by atoms with Crippen LogP contribution in [0.3, 0.4) is 0 Å². The lowest BCUT2D eigenvalue weighted by Crippen LogP contribution is -2.06. The van der Waals surface area contributed by atoms with E-state index in [1.807, 2.05) is 19.1 Å². The smallest absolute Gasteiger partial charge is 0.175 e. The molecule has 2 aromatic rings. The van der Waals surface area contributed by atoms with Gasteiger partial charge < -0.3 is 15.2 Å². The number of nitrogen functional groups attached to an aromatic ring is 1. The minimum Gasteiger partial charge on any atom is -0.490 e. The summed E-state index contributed by atoms with van der Waals surface area (Å²) < 4.78 is 14.0. The van der Waals surface area contributed by atoms with E-state index in [0.29, 0.717) is 30.6 Å². The topological polar surface area (TPSA) is 62.3 Å². The molecule has 5 nitrogen and oxygen atoms in total. The Balaban J connectivity index is 1.94. The Kier molecular flexibility index (Phi) is 3.99. The van der Waals surface area contributed by atoms with Crippen molar-refractivity contribution in [3.63, 3.8) is 0 Å². The minimum atomic E-state index is 0.470. The summed E-state index contributed by atoms with van der Waals surface area (Å²) in [5.41, 5.74) is 7.69. The van der Waals surface area contributed by atoms with Crippen LogP contribution in [0, 0.1) is 6.92 Å². The van der Waals surface area contributed by atoms with Gasteiger partial charge in [0.2, 0.25) is 0 Å². The van der Waals surface area contributed by atoms with E-state index in [9.17, 15) is 0 Å². The molecule has 1 aliphatic heterocycles. The van der Waals surface area contributed by atoms with Crippen molar-refractivity contribution in [1.82, 2.24) is 9.78 Å². The molecule has 1 aromatic carbocycles. The number of rotatable bonds is 2. The third-order valence-corrected chi connectivity index (χ3v) is 4.34. The number of anilines is 1.